The summed E-state index contributed by atoms with van der Waals surface area (Å²) in [4.78, 5) is 62.1. The third kappa shape index (κ3) is 18.6. The largest absolute Gasteiger partial charge is 0.393 e. The maximum absolute atomic E-state index is 13.9. The molecule has 0 spiro atoms. The van der Waals surface area contributed by atoms with Crippen molar-refractivity contribution in [2.24, 2.45) is 17.0 Å². The first-order valence-corrected chi connectivity index (χ1v) is 20.3. The predicted molar refractivity (Wildman–Crippen MR) is 216 cm³/mol. The Balaban J connectivity index is 1.64. The van der Waals surface area contributed by atoms with Gasteiger partial charge in [-0.2, -0.15) is 0 Å². The highest BCUT2D eigenvalue weighted by Crippen LogP contribution is 2.31. The SMILES string of the molecule is COCCOCCOCCO/N=C(/[C@H](CC(C)C)NC(=O)[C@H](C)NC(=O)[C@H](CC(C)C)NC(=O)[C@H](CCc1ccccc1)NC(=O)CN1CCOCC1)[C@@]1(C)CO1. The van der Waals surface area contributed by atoms with Crippen LogP contribution < -0.4 is 21.3 Å². The molecule has 57 heavy (non-hydrogen) atoms. The van der Waals surface area contributed by atoms with Crippen LogP contribution in [-0.4, -0.2) is 150 Å². The van der Waals surface area contributed by atoms with E-state index in [1.165, 1.54) is 0 Å². The number of epoxide rings is 1. The molecule has 4 amide bonds. The van der Waals surface area contributed by atoms with Crippen molar-refractivity contribution in [1.82, 2.24) is 26.2 Å². The van der Waals surface area contributed by atoms with Crippen molar-refractivity contribution in [1.29, 1.82) is 0 Å². The Morgan fingerprint density at radius 3 is 1.96 bits per heavy atom. The standard InChI is InChI=1S/C41H68N6O10/c1-29(2)25-34(37(41(6)28-56-41)46-57-24-23-55-22-21-54-20-19-52-7)44-38(49)31(5)42-40(51)35(26-30(3)4)45-39(50)33(14-13-32-11-9-8-10-12-32)43-36(48)27-47-15-17-53-18-16-47/h8-12,29-31,33-35H,13-28H2,1-7H3,(H,42,51)(H,43,48)(H,44,49)(H,45,50)/b46-37-/t31-,33-,34-,35-,41+/m0/s1. The van der Waals surface area contributed by atoms with Gasteiger partial charge in [0.15, 0.2) is 0 Å². The molecule has 0 bridgehead atoms. The number of hydrogen-bond donors (Lipinski definition) is 4. The number of nitrogens with zero attached hydrogens (tertiary/aromatic N) is 2. The Hall–Kier alpha value is -3.67. The molecule has 1 aromatic carbocycles. The van der Waals surface area contributed by atoms with Gasteiger partial charge in [0, 0.05) is 20.2 Å². The zero-order valence-corrected chi connectivity index (χ0v) is 35.1. The van der Waals surface area contributed by atoms with E-state index in [1.807, 2.05) is 69.9 Å². The van der Waals surface area contributed by atoms with E-state index in [0.29, 0.717) is 97.3 Å². The van der Waals surface area contributed by atoms with E-state index in [4.69, 9.17) is 28.5 Å². The van der Waals surface area contributed by atoms with Crippen molar-refractivity contribution in [2.45, 2.75) is 97.0 Å². The summed E-state index contributed by atoms with van der Waals surface area (Å²) in [6.45, 7) is 16.8. The van der Waals surface area contributed by atoms with E-state index in [2.05, 4.69) is 26.4 Å². The van der Waals surface area contributed by atoms with E-state index in [-0.39, 0.29) is 30.9 Å². The Morgan fingerprint density at radius 2 is 1.35 bits per heavy atom. The number of aryl methyl sites for hydroxylation is 1. The maximum atomic E-state index is 13.9. The van der Waals surface area contributed by atoms with Gasteiger partial charge in [0.25, 0.3) is 0 Å². The lowest BCUT2D eigenvalue weighted by Gasteiger charge is -2.28. The van der Waals surface area contributed by atoms with Gasteiger partial charge in [-0.1, -0.05) is 63.2 Å². The Kier molecular flexibility index (Phi) is 21.5. The Morgan fingerprint density at radius 1 is 0.772 bits per heavy atom. The highest BCUT2D eigenvalue weighted by Gasteiger charge is 2.49. The summed E-state index contributed by atoms with van der Waals surface area (Å²) in [6.07, 6.45) is 1.76. The minimum Gasteiger partial charge on any atom is -0.393 e. The fourth-order valence-electron chi connectivity index (χ4n) is 6.25. The summed E-state index contributed by atoms with van der Waals surface area (Å²) in [5, 5.41) is 16.1. The summed E-state index contributed by atoms with van der Waals surface area (Å²) in [6, 6.07) is 6.41. The molecular formula is C41H68N6O10. The number of benzene rings is 1. The van der Waals surface area contributed by atoms with Gasteiger partial charge in [-0.3, -0.25) is 24.1 Å². The van der Waals surface area contributed by atoms with Crippen molar-refractivity contribution in [3.63, 3.8) is 0 Å². The highest BCUT2D eigenvalue weighted by atomic mass is 16.6. The number of morpholine rings is 1. The van der Waals surface area contributed by atoms with Crippen LogP contribution in [0, 0.1) is 11.8 Å². The first kappa shape index (κ1) is 47.7. The van der Waals surface area contributed by atoms with Crippen molar-refractivity contribution in [2.75, 3.05) is 86.2 Å². The molecule has 16 nitrogen and oxygen atoms in total. The third-order valence-corrected chi connectivity index (χ3v) is 9.54. The number of carbonyl (C=O) groups excluding carboxylic acids is 4. The predicted octanol–water partition coefficient (Wildman–Crippen LogP) is 1.84. The first-order valence-electron chi connectivity index (χ1n) is 20.3. The zero-order valence-electron chi connectivity index (χ0n) is 35.1. The number of methoxy groups -OCH3 is 1. The quantitative estimate of drug-likeness (QED) is 0.0419. The van der Waals surface area contributed by atoms with E-state index < -0.39 is 47.5 Å². The lowest BCUT2D eigenvalue weighted by atomic mass is 9.92. The number of rotatable bonds is 28. The number of hydrogen-bond acceptors (Lipinski definition) is 12. The fraction of sp³-hybridized carbons (Fsp3) is 0.732. The molecule has 0 unspecified atom stereocenters. The molecule has 0 aliphatic carbocycles. The molecule has 3 rings (SSSR count). The second kappa shape index (κ2) is 25.6. The van der Waals surface area contributed by atoms with E-state index in [1.54, 1.807) is 14.0 Å². The normalized spacial score (nSPS) is 19.4. The average Bonchev–Trinajstić information content (AvgIpc) is 3.92. The molecule has 0 aromatic heterocycles. The topological polar surface area (TPSA) is 191 Å². The fourth-order valence-corrected chi connectivity index (χ4v) is 6.25. The monoisotopic (exact) mass is 804 g/mol. The number of oxime groups is 1. The van der Waals surface area contributed by atoms with Gasteiger partial charge in [-0.25, -0.2) is 0 Å². The minimum atomic E-state index is -0.949. The maximum Gasteiger partial charge on any atom is 0.243 e. The van der Waals surface area contributed by atoms with Crippen LogP contribution in [0.4, 0.5) is 0 Å². The van der Waals surface area contributed by atoms with Crippen LogP contribution in [0.25, 0.3) is 0 Å². The van der Waals surface area contributed by atoms with Crippen LogP contribution in [0.5, 0.6) is 0 Å². The Labute approximate surface area is 338 Å². The van der Waals surface area contributed by atoms with Crippen LogP contribution >= 0.6 is 0 Å². The molecule has 322 valence electrons. The summed E-state index contributed by atoms with van der Waals surface area (Å²) in [5.41, 5.74) is 0.876. The van der Waals surface area contributed by atoms with Gasteiger partial charge in [0.05, 0.1) is 65.4 Å². The smallest absolute Gasteiger partial charge is 0.243 e. The average molecular weight is 805 g/mol. The molecule has 2 aliphatic heterocycles. The van der Waals surface area contributed by atoms with Crippen molar-refractivity contribution >= 4 is 29.3 Å². The van der Waals surface area contributed by atoms with E-state index >= 15 is 0 Å². The minimum absolute atomic E-state index is 0.0389. The molecule has 2 saturated heterocycles. The number of nitrogens with one attached hydrogen (secondary N) is 4. The van der Waals surface area contributed by atoms with Gasteiger partial charge in [0.1, 0.15) is 36.0 Å². The van der Waals surface area contributed by atoms with Gasteiger partial charge < -0.3 is 49.8 Å². The Bertz CT molecular complexity index is 1390. The molecule has 4 N–H and O–H groups in total. The summed E-state index contributed by atoms with van der Waals surface area (Å²) in [5.74, 6) is -1.44. The van der Waals surface area contributed by atoms with Crippen molar-refractivity contribution < 1.29 is 47.7 Å². The molecule has 1 aromatic rings. The van der Waals surface area contributed by atoms with Crippen LogP contribution in [0.15, 0.2) is 35.5 Å². The first-order chi connectivity index (χ1) is 27.3. The number of ether oxygens (including phenoxy) is 5. The highest BCUT2D eigenvalue weighted by molar-refractivity contribution is 6.01. The number of carbonyl (C=O) groups is 4. The molecule has 0 saturated carbocycles. The van der Waals surface area contributed by atoms with Gasteiger partial charge in [-0.05, 0) is 56.9 Å². The summed E-state index contributed by atoms with van der Waals surface area (Å²) < 4.78 is 27.0. The molecule has 2 fully saturated rings. The third-order valence-electron chi connectivity index (χ3n) is 9.54. The second-order valence-corrected chi connectivity index (χ2v) is 15.7. The molecule has 2 aliphatic rings. The molecule has 2 heterocycles. The van der Waals surface area contributed by atoms with Gasteiger partial charge in [-0.15, -0.1) is 0 Å². The van der Waals surface area contributed by atoms with Gasteiger partial charge >= 0.3 is 0 Å². The van der Waals surface area contributed by atoms with Crippen LogP contribution in [0.2, 0.25) is 0 Å². The lowest BCUT2D eigenvalue weighted by molar-refractivity contribution is -0.134. The molecule has 0 radical (unpaired) electrons. The molecule has 16 heteroatoms. The number of amides is 4. The van der Waals surface area contributed by atoms with Crippen molar-refractivity contribution in [3.8, 4) is 0 Å². The zero-order chi connectivity index (χ0) is 41.6. The van der Waals surface area contributed by atoms with Crippen LogP contribution in [-0.2, 0) is 54.1 Å². The van der Waals surface area contributed by atoms with E-state index in [9.17, 15) is 19.2 Å². The van der Waals surface area contributed by atoms with Crippen LogP contribution in [0.1, 0.15) is 66.4 Å². The van der Waals surface area contributed by atoms with Gasteiger partial charge in [0.2, 0.25) is 23.6 Å². The molecule has 5 atom stereocenters. The molecular weight excluding hydrogens is 736 g/mol. The van der Waals surface area contributed by atoms with E-state index in [0.717, 1.165) is 5.56 Å². The lowest BCUT2D eigenvalue weighted by Crippen LogP contribution is -2.58. The second-order valence-electron chi connectivity index (χ2n) is 15.7. The summed E-state index contributed by atoms with van der Waals surface area (Å²) >= 11 is 0. The van der Waals surface area contributed by atoms with Crippen molar-refractivity contribution in [3.05, 3.63) is 35.9 Å². The summed E-state index contributed by atoms with van der Waals surface area (Å²) in [7, 11) is 1.62. The van der Waals surface area contributed by atoms with Crippen LogP contribution in [0.3, 0.4) is 0 Å².